The summed E-state index contributed by atoms with van der Waals surface area (Å²) >= 11 is 0. The molecule has 0 saturated carbocycles. The molecule has 0 fully saturated rings. The molecule has 0 unspecified atom stereocenters. The number of nitrogen functional groups attached to an aromatic ring is 1. The lowest BCUT2D eigenvalue weighted by Gasteiger charge is -2.09. The quantitative estimate of drug-likeness (QED) is 0.759. The lowest BCUT2D eigenvalue weighted by atomic mass is 9.97. The Kier molecular flexibility index (Phi) is 3.18. The van der Waals surface area contributed by atoms with Gasteiger partial charge >= 0.3 is 0 Å². The number of aliphatic hydroxyl groups is 1. The zero-order valence-corrected chi connectivity index (χ0v) is 12.5. The minimum absolute atomic E-state index is 0.00845. The molecule has 0 spiro atoms. The molecule has 2 heterocycles. The van der Waals surface area contributed by atoms with Gasteiger partial charge in [0.1, 0.15) is 17.2 Å². The van der Waals surface area contributed by atoms with Gasteiger partial charge in [-0.3, -0.25) is 4.40 Å². The first-order valence-electron chi connectivity index (χ1n) is 6.97. The Morgan fingerprint density at radius 3 is 2.43 bits per heavy atom. The molecule has 2 aromatic heterocycles. The lowest BCUT2D eigenvalue weighted by molar-refractivity contribution is 0.281. The molecule has 3 rings (SSSR count). The van der Waals surface area contributed by atoms with Crippen LogP contribution in [0.3, 0.4) is 0 Å². The zero-order valence-electron chi connectivity index (χ0n) is 12.5. The highest BCUT2D eigenvalue weighted by Gasteiger charge is 2.15. The van der Waals surface area contributed by atoms with Crippen molar-refractivity contribution in [2.24, 2.45) is 0 Å². The van der Waals surface area contributed by atoms with Crippen LogP contribution in [0, 0.1) is 20.8 Å². The molecular formula is C17H19N3O. The van der Waals surface area contributed by atoms with Gasteiger partial charge in [0.2, 0.25) is 0 Å². The van der Waals surface area contributed by atoms with Crippen molar-refractivity contribution in [2.75, 3.05) is 5.73 Å². The van der Waals surface area contributed by atoms with E-state index < -0.39 is 0 Å². The molecule has 0 radical (unpaired) electrons. The van der Waals surface area contributed by atoms with Crippen LogP contribution in [0.4, 0.5) is 5.82 Å². The van der Waals surface area contributed by atoms with Crippen molar-refractivity contribution in [3.8, 4) is 11.3 Å². The average Bonchev–Trinajstić information content (AvgIpc) is 2.75. The molecule has 0 bridgehead atoms. The molecule has 21 heavy (non-hydrogen) atoms. The maximum absolute atomic E-state index is 9.26. The number of pyridine rings is 1. The maximum Gasteiger partial charge on any atom is 0.139 e. The van der Waals surface area contributed by atoms with Crippen molar-refractivity contribution < 1.29 is 5.11 Å². The fourth-order valence-corrected chi connectivity index (χ4v) is 2.94. The van der Waals surface area contributed by atoms with Crippen LogP contribution < -0.4 is 5.73 Å². The molecule has 4 heteroatoms. The van der Waals surface area contributed by atoms with Gasteiger partial charge in [-0.25, -0.2) is 4.98 Å². The summed E-state index contributed by atoms with van der Waals surface area (Å²) in [4.78, 5) is 4.67. The summed E-state index contributed by atoms with van der Waals surface area (Å²) in [6.45, 7) is 6.24. The SMILES string of the molecule is Cc1cc(C)c(-c2nc3ccc(CO)cn3c2N)c(C)c1. The largest absolute Gasteiger partial charge is 0.392 e. The Bertz CT molecular complexity index is 810. The third kappa shape index (κ3) is 2.17. The molecule has 0 aliphatic carbocycles. The predicted molar refractivity (Wildman–Crippen MR) is 85.2 cm³/mol. The number of nitrogens with zero attached hydrogens (tertiary/aromatic N) is 2. The number of aromatic nitrogens is 2. The van der Waals surface area contributed by atoms with E-state index in [4.69, 9.17) is 5.73 Å². The van der Waals surface area contributed by atoms with Gasteiger partial charge in [0, 0.05) is 11.8 Å². The number of aryl methyl sites for hydroxylation is 3. The number of imidazole rings is 1. The van der Waals surface area contributed by atoms with E-state index in [0.717, 1.165) is 22.5 Å². The van der Waals surface area contributed by atoms with Gasteiger partial charge < -0.3 is 10.8 Å². The Hall–Kier alpha value is -2.33. The van der Waals surface area contributed by atoms with Crippen molar-refractivity contribution in [3.05, 3.63) is 52.7 Å². The molecule has 3 N–H and O–H groups in total. The number of rotatable bonds is 2. The van der Waals surface area contributed by atoms with E-state index in [1.54, 1.807) is 0 Å². The molecule has 0 aliphatic heterocycles. The first kappa shape index (κ1) is 13.6. The van der Waals surface area contributed by atoms with Gasteiger partial charge in [0.05, 0.1) is 6.61 Å². The van der Waals surface area contributed by atoms with Crippen LogP contribution in [-0.2, 0) is 6.61 Å². The molecule has 1 aromatic carbocycles. The molecule has 108 valence electrons. The number of anilines is 1. The van der Waals surface area contributed by atoms with Crippen LogP contribution in [0.2, 0.25) is 0 Å². The number of benzene rings is 1. The smallest absolute Gasteiger partial charge is 0.139 e. The number of hydrogen-bond acceptors (Lipinski definition) is 3. The minimum Gasteiger partial charge on any atom is -0.392 e. The van der Waals surface area contributed by atoms with Crippen LogP contribution in [-0.4, -0.2) is 14.5 Å². The summed E-state index contributed by atoms with van der Waals surface area (Å²) in [5.41, 5.74) is 13.4. The molecule has 0 aliphatic rings. The fourth-order valence-electron chi connectivity index (χ4n) is 2.94. The maximum atomic E-state index is 9.26. The summed E-state index contributed by atoms with van der Waals surface area (Å²) in [6.07, 6.45) is 1.83. The Morgan fingerprint density at radius 2 is 1.81 bits per heavy atom. The third-order valence-corrected chi connectivity index (χ3v) is 3.81. The van der Waals surface area contributed by atoms with Gasteiger partial charge in [-0.2, -0.15) is 0 Å². The van der Waals surface area contributed by atoms with Crippen LogP contribution in [0.15, 0.2) is 30.5 Å². The monoisotopic (exact) mass is 281 g/mol. The molecule has 3 aromatic rings. The van der Waals surface area contributed by atoms with Gasteiger partial charge in [-0.1, -0.05) is 23.8 Å². The molecule has 0 amide bonds. The minimum atomic E-state index is -0.00845. The first-order valence-corrected chi connectivity index (χ1v) is 6.97. The Morgan fingerprint density at radius 1 is 1.14 bits per heavy atom. The van der Waals surface area contributed by atoms with E-state index in [1.807, 2.05) is 22.7 Å². The third-order valence-electron chi connectivity index (χ3n) is 3.81. The molecule has 0 saturated heterocycles. The van der Waals surface area contributed by atoms with Gasteiger partial charge in [-0.05, 0) is 43.5 Å². The van der Waals surface area contributed by atoms with Gasteiger partial charge in [0.25, 0.3) is 0 Å². The second-order valence-electron chi connectivity index (χ2n) is 5.54. The van der Waals surface area contributed by atoms with Crippen molar-refractivity contribution >= 4 is 11.5 Å². The van der Waals surface area contributed by atoms with Gasteiger partial charge in [-0.15, -0.1) is 0 Å². The second kappa shape index (κ2) is 4.90. The summed E-state index contributed by atoms with van der Waals surface area (Å²) in [6, 6.07) is 8.03. The average molecular weight is 281 g/mol. The molecule has 0 atom stereocenters. The summed E-state index contributed by atoms with van der Waals surface area (Å²) < 4.78 is 1.83. The van der Waals surface area contributed by atoms with E-state index in [1.165, 1.54) is 16.7 Å². The van der Waals surface area contributed by atoms with Crippen LogP contribution in [0.5, 0.6) is 0 Å². The van der Waals surface area contributed by atoms with E-state index >= 15 is 0 Å². The highest BCUT2D eigenvalue weighted by molar-refractivity contribution is 5.79. The van der Waals surface area contributed by atoms with Crippen LogP contribution in [0.1, 0.15) is 22.3 Å². The number of fused-ring (bicyclic) bond motifs is 1. The van der Waals surface area contributed by atoms with Crippen molar-refractivity contribution in [2.45, 2.75) is 27.4 Å². The van der Waals surface area contributed by atoms with E-state index in [2.05, 4.69) is 37.9 Å². The topological polar surface area (TPSA) is 63.5 Å². The predicted octanol–water partition coefficient (Wildman–Crippen LogP) is 3.00. The summed E-state index contributed by atoms with van der Waals surface area (Å²) in [5.74, 6) is 0.607. The molecule has 4 nitrogen and oxygen atoms in total. The zero-order chi connectivity index (χ0) is 15.1. The summed E-state index contributed by atoms with van der Waals surface area (Å²) in [5, 5.41) is 9.26. The van der Waals surface area contributed by atoms with Crippen LogP contribution >= 0.6 is 0 Å². The molecular weight excluding hydrogens is 262 g/mol. The number of hydrogen-bond donors (Lipinski definition) is 2. The first-order chi connectivity index (χ1) is 10.0. The summed E-state index contributed by atoms with van der Waals surface area (Å²) in [7, 11) is 0. The Labute approximate surface area is 123 Å². The highest BCUT2D eigenvalue weighted by Crippen LogP contribution is 2.32. The highest BCUT2D eigenvalue weighted by atomic mass is 16.3. The van der Waals surface area contributed by atoms with Crippen molar-refractivity contribution in [3.63, 3.8) is 0 Å². The normalized spacial score (nSPS) is 11.2. The van der Waals surface area contributed by atoms with Gasteiger partial charge in [0.15, 0.2) is 0 Å². The van der Waals surface area contributed by atoms with Crippen LogP contribution in [0.25, 0.3) is 16.9 Å². The lowest BCUT2D eigenvalue weighted by Crippen LogP contribution is -1.97. The van der Waals surface area contributed by atoms with Crippen molar-refractivity contribution in [1.82, 2.24) is 9.38 Å². The van der Waals surface area contributed by atoms with E-state index in [0.29, 0.717) is 5.82 Å². The van der Waals surface area contributed by atoms with E-state index in [-0.39, 0.29) is 6.61 Å². The van der Waals surface area contributed by atoms with E-state index in [9.17, 15) is 5.11 Å². The standard InChI is InChI=1S/C17H19N3O/c1-10-6-11(2)15(12(3)7-10)16-17(18)20-8-13(9-21)4-5-14(20)19-16/h4-8,21H,9,18H2,1-3H3. The number of aliphatic hydroxyl groups excluding tert-OH is 1. The second-order valence-corrected chi connectivity index (χ2v) is 5.54. The fraction of sp³-hybridized carbons (Fsp3) is 0.235. The van der Waals surface area contributed by atoms with Crippen molar-refractivity contribution in [1.29, 1.82) is 0 Å². The number of nitrogens with two attached hydrogens (primary N) is 1. The Balaban J connectivity index is 2.29.